The van der Waals surface area contributed by atoms with Gasteiger partial charge in [-0.05, 0) is 48.3 Å². The van der Waals surface area contributed by atoms with Gasteiger partial charge < -0.3 is 0 Å². The van der Waals surface area contributed by atoms with E-state index in [4.69, 9.17) is 11.6 Å². The lowest BCUT2D eigenvalue weighted by atomic mass is 9.96. The average Bonchev–Trinajstić information content (AvgIpc) is 2.92. The highest BCUT2D eigenvalue weighted by molar-refractivity contribution is 6.32. The fraction of sp³-hybridized carbons (Fsp3) is 0.538. The van der Waals surface area contributed by atoms with Gasteiger partial charge in [-0.2, -0.15) is 0 Å². The molecule has 0 heterocycles. The summed E-state index contributed by atoms with van der Waals surface area (Å²) in [5.41, 5.74) is 4.06. The van der Waals surface area contributed by atoms with Crippen molar-refractivity contribution < 1.29 is 0 Å². The van der Waals surface area contributed by atoms with Gasteiger partial charge in [-0.25, -0.2) is 0 Å². The molecule has 0 unspecified atom stereocenters. The van der Waals surface area contributed by atoms with Crippen molar-refractivity contribution in [2.24, 2.45) is 0 Å². The zero-order valence-electron chi connectivity index (χ0n) is 9.10. The lowest BCUT2D eigenvalue weighted by Gasteiger charge is -2.13. The molecule has 0 atom stereocenters. The summed E-state index contributed by atoms with van der Waals surface area (Å²) in [7, 11) is 0. The van der Waals surface area contributed by atoms with E-state index in [1.54, 1.807) is 0 Å². The third-order valence-electron chi connectivity index (χ3n) is 3.10. The van der Waals surface area contributed by atoms with E-state index in [9.17, 15) is 0 Å². The molecule has 1 aliphatic carbocycles. The Morgan fingerprint density at radius 2 is 1.93 bits per heavy atom. The van der Waals surface area contributed by atoms with Crippen molar-refractivity contribution in [3.63, 3.8) is 0 Å². The predicted molar refractivity (Wildman–Crippen MR) is 62.3 cm³/mol. The highest BCUT2D eigenvalue weighted by atomic mass is 35.5. The fourth-order valence-corrected chi connectivity index (χ4v) is 2.39. The molecule has 2 rings (SSSR count). The molecule has 14 heavy (non-hydrogen) atoms. The Kier molecular flexibility index (Phi) is 2.57. The quantitative estimate of drug-likeness (QED) is 0.664. The summed E-state index contributed by atoms with van der Waals surface area (Å²) in [6, 6.07) is 4.47. The first kappa shape index (κ1) is 10.0. The highest BCUT2D eigenvalue weighted by Gasteiger charge is 2.26. The van der Waals surface area contributed by atoms with Crippen LogP contribution in [0.15, 0.2) is 12.1 Å². The molecule has 0 aromatic heterocycles. The largest absolute Gasteiger partial charge is 0.0837 e. The summed E-state index contributed by atoms with van der Waals surface area (Å²) < 4.78 is 0. The molecular weight excluding hydrogens is 192 g/mol. The number of benzene rings is 1. The highest BCUT2D eigenvalue weighted by Crippen LogP contribution is 2.44. The minimum Gasteiger partial charge on any atom is -0.0837 e. The van der Waals surface area contributed by atoms with Crippen molar-refractivity contribution in [2.45, 2.75) is 45.4 Å². The lowest BCUT2D eigenvalue weighted by Crippen LogP contribution is -1.95. The SMILES string of the molecule is Cc1c(C2CC2)ccc(C(C)C)c1Cl. The Morgan fingerprint density at radius 3 is 2.43 bits per heavy atom. The van der Waals surface area contributed by atoms with Crippen LogP contribution in [0.5, 0.6) is 0 Å². The molecule has 0 spiro atoms. The second-order valence-corrected chi connectivity index (χ2v) is 4.99. The van der Waals surface area contributed by atoms with Crippen LogP contribution < -0.4 is 0 Å². The molecule has 76 valence electrons. The summed E-state index contributed by atoms with van der Waals surface area (Å²) >= 11 is 6.37. The van der Waals surface area contributed by atoms with Crippen LogP contribution in [0.3, 0.4) is 0 Å². The van der Waals surface area contributed by atoms with Gasteiger partial charge in [0.2, 0.25) is 0 Å². The first-order valence-electron chi connectivity index (χ1n) is 5.40. The van der Waals surface area contributed by atoms with Crippen LogP contribution in [0.4, 0.5) is 0 Å². The van der Waals surface area contributed by atoms with E-state index in [2.05, 4.69) is 32.9 Å². The van der Waals surface area contributed by atoms with E-state index in [1.165, 1.54) is 29.5 Å². The van der Waals surface area contributed by atoms with Crippen molar-refractivity contribution in [3.8, 4) is 0 Å². The molecule has 1 saturated carbocycles. The van der Waals surface area contributed by atoms with Crippen LogP contribution in [0, 0.1) is 6.92 Å². The van der Waals surface area contributed by atoms with Crippen LogP contribution in [-0.2, 0) is 0 Å². The molecule has 1 heteroatoms. The third kappa shape index (κ3) is 1.68. The van der Waals surface area contributed by atoms with Crippen molar-refractivity contribution in [1.29, 1.82) is 0 Å². The third-order valence-corrected chi connectivity index (χ3v) is 3.60. The molecular formula is C13H17Cl. The van der Waals surface area contributed by atoms with Gasteiger partial charge in [-0.15, -0.1) is 0 Å². The first-order chi connectivity index (χ1) is 6.61. The van der Waals surface area contributed by atoms with Crippen LogP contribution in [0.25, 0.3) is 0 Å². The molecule has 0 aliphatic heterocycles. The van der Waals surface area contributed by atoms with Gasteiger partial charge in [0.1, 0.15) is 0 Å². The van der Waals surface area contributed by atoms with E-state index in [0.29, 0.717) is 5.92 Å². The summed E-state index contributed by atoms with van der Waals surface area (Å²) in [5.74, 6) is 1.32. The van der Waals surface area contributed by atoms with Gasteiger partial charge in [-0.3, -0.25) is 0 Å². The number of rotatable bonds is 2. The molecule has 1 aromatic rings. The van der Waals surface area contributed by atoms with Gasteiger partial charge in [-0.1, -0.05) is 37.6 Å². The number of hydrogen-bond donors (Lipinski definition) is 0. The fourth-order valence-electron chi connectivity index (χ4n) is 2.00. The molecule has 0 saturated heterocycles. The van der Waals surface area contributed by atoms with Crippen LogP contribution in [-0.4, -0.2) is 0 Å². The van der Waals surface area contributed by atoms with Gasteiger partial charge >= 0.3 is 0 Å². The van der Waals surface area contributed by atoms with E-state index < -0.39 is 0 Å². The van der Waals surface area contributed by atoms with Gasteiger partial charge in [0.05, 0.1) is 0 Å². The summed E-state index contributed by atoms with van der Waals surface area (Å²) in [5, 5.41) is 0.990. The topological polar surface area (TPSA) is 0 Å². The Labute approximate surface area is 91.3 Å². The smallest absolute Gasteiger partial charge is 0.0472 e. The lowest BCUT2D eigenvalue weighted by molar-refractivity contribution is 0.862. The van der Waals surface area contributed by atoms with Crippen LogP contribution in [0.2, 0.25) is 5.02 Å². The molecule has 0 nitrogen and oxygen atoms in total. The van der Waals surface area contributed by atoms with E-state index in [1.807, 2.05) is 0 Å². The first-order valence-corrected chi connectivity index (χ1v) is 5.78. The summed E-state index contributed by atoms with van der Waals surface area (Å²) in [6.07, 6.45) is 2.69. The zero-order valence-corrected chi connectivity index (χ0v) is 9.86. The monoisotopic (exact) mass is 208 g/mol. The van der Waals surface area contributed by atoms with Crippen molar-refractivity contribution in [2.75, 3.05) is 0 Å². The number of halogens is 1. The van der Waals surface area contributed by atoms with Crippen LogP contribution in [0.1, 0.15) is 55.2 Å². The summed E-state index contributed by atoms with van der Waals surface area (Å²) in [6.45, 7) is 6.54. The minimum absolute atomic E-state index is 0.523. The summed E-state index contributed by atoms with van der Waals surface area (Å²) in [4.78, 5) is 0. The molecule has 1 fully saturated rings. The Hall–Kier alpha value is -0.490. The number of hydrogen-bond acceptors (Lipinski definition) is 0. The van der Waals surface area contributed by atoms with Crippen molar-refractivity contribution in [1.82, 2.24) is 0 Å². The molecule has 0 N–H and O–H groups in total. The maximum Gasteiger partial charge on any atom is 0.0472 e. The van der Waals surface area contributed by atoms with Crippen LogP contribution >= 0.6 is 11.6 Å². The van der Waals surface area contributed by atoms with E-state index in [0.717, 1.165) is 10.9 Å². The van der Waals surface area contributed by atoms with Crippen molar-refractivity contribution in [3.05, 3.63) is 33.8 Å². The van der Waals surface area contributed by atoms with Gasteiger partial charge in [0, 0.05) is 5.02 Å². The molecule has 1 aliphatic rings. The molecule has 0 amide bonds. The maximum absolute atomic E-state index is 6.37. The molecule has 0 bridgehead atoms. The van der Waals surface area contributed by atoms with Gasteiger partial charge in [0.15, 0.2) is 0 Å². The maximum atomic E-state index is 6.37. The zero-order chi connectivity index (χ0) is 10.3. The Morgan fingerprint density at radius 1 is 1.29 bits per heavy atom. The normalized spacial score (nSPS) is 16.4. The Bertz CT molecular complexity index is 321. The van der Waals surface area contributed by atoms with Crippen molar-refractivity contribution >= 4 is 11.6 Å². The average molecular weight is 209 g/mol. The molecule has 0 radical (unpaired) electrons. The standard InChI is InChI=1S/C13H17Cl/c1-8(2)11-6-7-12(10-4-5-10)9(3)13(11)14/h6-8,10H,4-5H2,1-3H3. The van der Waals surface area contributed by atoms with E-state index >= 15 is 0 Å². The molecule has 1 aromatic carbocycles. The second kappa shape index (κ2) is 3.58. The van der Waals surface area contributed by atoms with E-state index in [-0.39, 0.29) is 0 Å². The minimum atomic E-state index is 0.523. The van der Waals surface area contributed by atoms with Gasteiger partial charge in [0.25, 0.3) is 0 Å². The predicted octanol–water partition coefficient (Wildman–Crippen LogP) is 4.65. The second-order valence-electron chi connectivity index (χ2n) is 4.61. The Balaban J connectivity index is 2.44.